The first-order valence-corrected chi connectivity index (χ1v) is 9.23. The Bertz CT molecular complexity index is 614. The number of aliphatic hydroxyl groups is 1. The Morgan fingerprint density at radius 1 is 1.41 bits per heavy atom. The molecule has 1 heterocycles. The normalized spacial score (nSPS) is 10.6. The topological polar surface area (TPSA) is 62.2 Å². The summed E-state index contributed by atoms with van der Waals surface area (Å²) >= 11 is 3.32. The number of amides is 1. The van der Waals surface area contributed by atoms with Crippen molar-refractivity contribution in [2.45, 2.75) is 13.3 Å². The number of aliphatic hydroxyl groups excluding tert-OH is 1. The molecule has 118 valence electrons. The van der Waals surface area contributed by atoms with E-state index in [4.69, 9.17) is 5.11 Å². The van der Waals surface area contributed by atoms with Gasteiger partial charge in [-0.05, 0) is 31.2 Å². The van der Waals surface area contributed by atoms with E-state index >= 15 is 0 Å². The zero-order chi connectivity index (χ0) is 15.8. The predicted molar refractivity (Wildman–Crippen MR) is 93.6 cm³/mol. The molecule has 0 aliphatic heterocycles. The van der Waals surface area contributed by atoms with Gasteiger partial charge in [0.05, 0.1) is 0 Å². The molecule has 0 radical (unpaired) electrons. The molecule has 0 unspecified atom stereocenters. The zero-order valence-corrected chi connectivity index (χ0v) is 14.2. The van der Waals surface area contributed by atoms with Crippen molar-refractivity contribution in [2.24, 2.45) is 0 Å². The molecule has 0 saturated carbocycles. The third kappa shape index (κ3) is 5.12. The van der Waals surface area contributed by atoms with E-state index in [1.165, 1.54) is 0 Å². The number of carbonyl (C=O) groups excluding carboxylic acids is 1. The van der Waals surface area contributed by atoms with Crippen LogP contribution in [0.4, 0.5) is 0 Å². The number of hydrogen-bond acceptors (Lipinski definition) is 5. The van der Waals surface area contributed by atoms with E-state index in [2.05, 4.69) is 10.3 Å². The summed E-state index contributed by atoms with van der Waals surface area (Å²) in [6, 6.07) is 7.56. The second-order valence-corrected chi connectivity index (χ2v) is 6.90. The summed E-state index contributed by atoms with van der Waals surface area (Å²) in [5.74, 6) is 1.72. The van der Waals surface area contributed by atoms with Gasteiger partial charge in [0, 0.05) is 41.1 Å². The number of nitrogens with zero attached hydrogens (tertiary/aromatic N) is 1. The highest BCUT2D eigenvalue weighted by molar-refractivity contribution is 7.99. The summed E-state index contributed by atoms with van der Waals surface area (Å²) in [5.41, 5.74) is 2.63. The quantitative estimate of drug-likeness (QED) is 0.728. The summed E-state index contributed by atoms with van der Waals surface area (Å²) in [5, 5.41) is 14.6. The van der Waals surface area contributed by atoms with Gasteiger partial charge in [-0.25, -0.2) is 4.98 Å². The Hall–Kier alpha value is -1.37. The Labute approximate surface area is 139 Å². The number of aromatic nitrogens is 1. The molecular formula is C16H20N2O2S2. The molecule has 0 atom stereocenters. The smallest absolute Gasteiger partial charge is 0.251 e. The summed E-state index contributed by atoms with van der Waals surface area (Å²) in [7, 11) is 0. The van der Waals surface area contributed by atoms with Crippen LogP contribution in [0.3, 0.4) is 0 Å². The van der Waals surface area contributed by atoms with E-state index in [0.717, 1.165) is 34.2 Å². The van der Waals surface area contributed by atoms with Crippen LogP contribution in [0.5, 0.6) is 0 Å². The molecule has 2 aromatic rings. The summed E-state index contributed by atoms with van der Waals surface area (Å²) in [6.45, 7) is 2.82. The van der Waals surface area contributed by atoms with Gasteiger partial charge in [-0.1, -0.05) is 12.1 Å². The molecule has 2 rings (SSSR count). The predicted octanol–water partition coefficient (Wildman–Crippen LogP) is 2.96. The van der Waals surface area contributed by atoms with Crippen LogP contribution in [0.2, 0.25) is 0 Å². The minimum atomic E-state index is -0.0575. The second-order valence-electron chi connectivity index (χ2n) is 4.82. The number of nitrogens with one attached hydrogen (secondary N) is 1. The lowest BCUT2D eigenvalue weighted by atomic mass is 10.1. The molecule has 1 amide bonds. The molecule has 0 spiro atoms. The minimum Gasteiger partial charge on any atom is -0.396 e. The van der Waals surface area contributed by atoms with Crippen molar-refractivity contribution in [1.82, 2.24) is 10.3 Å². The minimum absolute atomic E-state index is 0.0575. The van der Waals surface area contributed by atoms with E-state index < -0.39 is 0 Å². The maximum atomic E-state index is 12.1. The van der Waals surface area contributed by atoms with Gasteiger partial charge in [0.2, 0.25) is 0 Å². The van der Waals surface area contributed by atoms with E-state index in [-0.39, 0.29) is 12.5 Å². The van der Waals surface area contributed by atoms with Crippen LogP contribution in [-0.4, -0.2) is 40.7 Å². The van der Waals surface area contributed by atoms with Crippen molar-refractivity contribution in [3.05, 3.63) is 40.9 Å². The van der Waals surface area contributed by atoms with Crippen LogP contribution in [0.25, 0.3) is 10.6 Å². The van der Waals surface area contributed by atoms with Crippen molar-refractivity contribution in [3.63, 3.8) is 0 Å². The number of carbonyl (C=O) groups is 1. The number of aryl methyl sites for hydroxylation is 1. The molecule has 1 aromatic heterocycles. The monoisotopic (exact) mass is 336 g/mol. The van der Waals surface area contributed by atoms with Crippen LogP contribution in [0.1, 0.15) is 22.5 Å². The number of rotatable bonds is 8. The molecule has 4 nitrogen and oxygen atoms in total. The first-order valence-electron chi connectivity index (χ1n) is 7.20. The lowest BCUT2D eigenvalue weighted by Crippen LogP contribution is -2.25. The summed E-state index contributed by atoms with van der Waals surface area (Å²) in [6.07, 6.45) is 0.799. The average Bonchev–Trinajstić information content (AvgIpc) is 2.97. The fourth-order valence-electron chi connectivity index (χ4n) is 1.89. The van der Waals surface area contributed by atoms with Crippen LogP contribution >= 0.6 is 23.1 Å². The summed E-state index contributed by atoms with van der Waals surface area (Å²) < 4.78 is 0. The Balaban J connectivity index is 1.88. The van der Waals surface area contributed by atoms with E-state index in [1.807, 2.05) is 36.6 Å². The highest BCUT2D eigenvalue weighted by atomic mass is 32.2. The molecule has 0 saturated heterocycles. The summed E-state index contributed by atoms with van der Waals surface area (Å²) in [4.78, 5) is 16.6. The maximum Gasteiger partial charge on any atom is 0.251 e. The second kappa shape index (κ2) is 8.92. The molecule has 2 N–H and O–H groups in total. The van der Waals surface area contributed by atoms with E-state index in [0.29, 0.717) is 12.1 Å². The Morgan fingerprint density at radius 3 is 3.00 bits per heavy atom. The Morgan fingerprint density at radius 2 is 2.27 bits per heavy atom. The van der Waals surface area contributed by atoms with Crippen LogP contribution in [0.15, 0.2) is 29.6 Å². The standard InChI is InChI=1S/C16H20N2O2S2/c1-12-11-22-16(18-12)14-5-2-4-13(10-14)15(20)17-6-9-21-8-3-7-19/h2,4-5,10-11,19H,3,6-9H2,1H3,(H,17,20). The van der Waals surface area contributed by atoms with Gasteiger partial charge in [0.1, 0.15) is 5.01 Å². The van der Waals surface area contributed by atoms with Gasteiger partial charge in [-0.2, -0.15) is 11.8 Å². The van der Waals surface area contributed by atoms with Crippen molar-refractivity contribution < 1.29 is 9.90 Å². The molecular weight excluding hydrogens is 316 g/mol. The van der Waals surface area contributed by atoms with Crippen LogP contribution in [0, 0.1) is 6.92 Å². The molecule has 1 aromatic carbocycles. The lowest BCUT2D eigenvalue weighted by molar-refractivity contribution is 0.0956. The van der Waals surface area contributed by atoms with Gasteiger partial charge < -0.3 is 10.4 Å². The Kier molecular flexibility index (Phi) is 6.89. The average molecular weight is 336 g/mol. The lowest BCUT2D eigenvalue weighted by Gasteiger charge is -2.06. The third-order valence-corrected chi connectivity index (χ3v) is 5.05. The van der Waals surface area contributed by atoms with E-state index in [9.17, 15) is 4.79 Å². The fourth-order valence-corrected chi connectivity index (χ4v) is 3.47. The third-order valence-electron chi connectivity index (χ3n) is 2.97. The molecule has 0 bridgehead atoms. The van der Waals surface area contributed by atoms with Crippen LogP contribution in [-0.2, 0) is 0 Å². The number of hydrogen-bond donors (Lipinski definition) is 2. The SMILES string of the molecule is Cc1csc(-c2cccc(C(=O)NCCSCCCO)c2)n1. The van der Waals surface area contributed by atoms with Gasteiger partial charge in [-0.3, -0.25) is 4.79 Å². The highest BCUT2D eigenvalue weighted by Crippen LogP contribution is 2.24. The number of thiazole rings is 1. The first kappa shape index (κ1) is 17.0. The molecule has 22 heavy (non-hydrogen) atoms. The van der Waals surface area contributed by atoms with Gasteiger partial charge in [-0.15, -0.1) is 11.3 Å². The molecule has 0 fully saturated rings. The van der Waals surface area contributed by atoms with Crippen molar-refractivity contribution in [3.8, 4) is 10.6 Å². The van der Waals surface area contributed by atoms with Crippen molar-refractivity contribution in [2.75, 3.05) is 24.7 Å². The zero-order valence-electron chi connectivity index (χ0n) is 12.5. The van der Waals surface area contributed by atoms with Crippen LogP contribution < -0.4 is 5.32 Å². The highest BCUT2D eigenvalue weighted by Gasteiger charge is 2.08. The number of thioether (sulfide) groups is 1. The van der Waals surface area contributed by atoms with E-state index in [1.54, 1.807) is 23.1 Å². The fraction of sp³-hybridized carbons (Fsp3) is 0.375. The molecule has 6 heteroatoms. The maximum absolute atomic E-state index is 12.1. The van der Waals surface area contributed by atoms with Crippen molar-refractivity contribution in [1.29, 1.82) is 0 Å². The molecule has 0 aliphatic carbocycles. The number of benzene rings is 1. The molecule has 0 aliphatic rings. The van der Waals surface area contributed by atoms with Crippen molar-refractivity contribution >= 4 is 29.0 Å². The van der Waals surface area contributed by atoms with Gasteiger partial charge in [0.25, 0.3) is 5.91 Å². The largest absolute Gasteiger partial charge is 0.396 e. The van der Waals surface area contributed by atoms with Gasteiger partial charge >= 0.3 is 0 Å². The first-order chi connectivity index (χ1) is 10.7. The van der Waals surface area contributed by atoms with Gasteiger partial charge in [0.15, 0.2) is 0 Å².